The normalized spacial score (nSPS) is 26.9. The van der Waals surface area contributed by atoms with E-state index in [1.807, 2.05) is 24.0 Å². The number of rotatable bonds is 3. The molecule has 2 aliphatic rings. The smallest absolute Gasteiger partial charge is 0.289 e. The van der Waals surface area contributed by atoms with Gasteiger partial charge in [-0.15, -0.1) is 0 Å². The van der Waals surface area contributed by atoms with Crippen LogP contribution in [0.25, 0.3) is 0 Å². The van der Waals surface area contributed by atoms with Crippen LogP contribution in [-0.2, 0) is 6.42 Å². The van der Waals surface area contributed by atoms with E-state index >= 15 is 0 Å². The van der Waals surface area contributed by atoms with Gasteiger partial charge in [0.05, 0.1) is 0 Å². The van der Waals surface area contributed by atoms with Gasteiger partial charge in [-0.2, -0.15) is 0 Å². The van der Waals surface area contributed by atoms with Crippen molar-refractivity contribution in [3.63, 3.8) is 0 Å². The summed E-state index contributed by atoms with van der Waals surface area (Å²) in [5.74, 6) is 2.06. The third-order valence-electron chi connectivity index (χ3n) is 4.63. The van der Waals surface area contributed by atoms with Crippen LogP contribution in [0.4, 0.5) is 0 Å². The average Bonchev–Trinajstić information content (AvgIpc) is 3.17. The highest BCUT2D eigenvalue weighted by Crippen LogP contribution is 2.26. The third kappa shape index (κ3) is 2.75. The highest BCUT2D eigenvalue weighted by atomic mass is 16.4. The predicted octanol–water partition coefficient (Wildman–Crippen LogP) is 2.45. The van der Waals surface area contributed by atoms with E-state index in [0.717, 1.165) is 38.2 Å². The minimum Gasteiger partial charge on any atom is -0.456 e. The van der Waals surface area contributed by atoms with E-state index in [0.29, 0.717) is 17.7 Å². The monoisotopic (exact) mass is 276 g/mol. The zero-order chi connectivity index (χ0) is 13.9. The van der Waals surface area contributed by atoms with Gasteiger partial charge >= 0.3 is 0 Å². The Kier molecular flexibility index (Phi) is 4.10. The molecule has 0 aliphatic carbocycles. The van der Waals surface area contributed by atoms with Crippen LogP contribution in [-0.4, -0.2) is 36.5 Å². The molecule has 1 N–H and O–H groups in total. The molecule has 0 spiro atoms. The van der Waals surface area contributed by atoms with Gasteiger partial charge in [0.2, 0.25) is 0 Å². The number of carbonyl (C=O) groups excluding carboxylic acids is 1. The van der Waals surface area contributed by atoms with Crippen molar-refractivity contribution < 1.29 is 9.21 Å². The molecule has 2 unspecified atom stereocenters. The molecule has 2 atom stereocenters. The fraction of sp³-hybridized carbons (Fsp3) is 0.688. The minimum atomic E-state index is 0.0624. The van der Waals surface area contributed by atoms with Gasteiger partial charge in [0.25, 0.3) is 5.91 Å². The van der Waals surface area contributed by atoms with Crippen LogP contribution < -0.4 is 5.32 Å². The maximum absolute atomic E-state index is 12.5. The first kappa shape index (κ1) is 13.7. The lowest BCUT2D eigenvalue weighted by Gasteiger charge is -2.35. The first-order valence-electron chi connectivity index (χ1n) is 7.89. The Morgan fingerprint density at radius 1 is 1.40 bits per heavy atom. The Balaban J connectivity index is 1.65. The SMILES string of the molecule is CCc1ccc(C(=O)N2CCCC(C3CCCN3)C2)o1. The van der Waals surface area contributed by atoms with Gasteiger partial charge < -0.3 is 14.6 Å². The molecule has 0 bridgehead atoms. The van der Waals surface area contributed by atoms with Crippen LogP contribution in [0.5, 0.6) is 0 Å². The quantitative estimate of drug-likeness (QED) is 0.922. The van der Waals surface area contributed by atoms with Crippen molar-refractivity contribution in [3.05, 3.63) is 23.7 Å². The lowest BCUT2D eigenvalue weighted by molar-refractivity contribution is 0.0617. The molecule has 4 nitrogen and oxygen atoms in total. The summed E-state index contributed by atoms with van der Waals surface area (Å²) in [6.07, 6.45) is 5.71. The third-order valence-corrected chi connectivity index (χ3v) is 4.63. The number of nitrogens with one attached hydrogen (secondary N) is 1. The van der Waals surface area contributed by atoms with Crippen LogP contribution >= 0.6 is 0 Å². The standard InChI is InChI=1S/C16H24N2O2/c1-2-13-7-8-15(20-13)16(19)18-10-4-5-12(11-18)14-6-3-9-17-14/h7-8,12,14,17H,2-6,9-11H2,1H3. The Hall–Kier alpha value is -1.29. The Labute approximate surface area is 120 Å². The summed E-state index contributed by atoms with van der Waals surface area (Å²) in [6.45, 7) is 4.91. The second-order valence-electron chi connectivity index (χ2n) is 5.98. The summed E-state index contributed by atoms with van der Waals surface area (Å²) in [7, 11) is 0. The summed E-state index contributed by atoms with van der Waals surface area (Å²) in [6, 6.07) is 4.33. The lowest BCUT2D eigenvalue weighted by atomic mass is 9.89. The molecule has 1 amide bonds. The number of furan rings is 1. The van der Waals surface area contributed by atoms with E-state index < -0.39 is 0 Å². The predicted molar refractivity (Wildman–Crippen MR) is 77.7 cm³/mol. The average molecular weight is 276 g/mol. The molecule has 4 heteroatoms. The van der Waals surface area contributed by atoms with E-state index in [1.54, 1.807) is 0 Å². The van der Waals surface area contributed by atoms with Crippen molar-refractivity contribution in [1.82, 2.24) is 10.2 Å². The number of carbonyl (C=O) groups is 1. The lowest BCUT2D eigenvalue weighted by Crippen LogP contribution is -2.45. The molecule has 2 fully saturated rings. The van der Waals surface area contributed by atoms with Crippen LogP contribution in [0.2, 0.25) is 0 Å². The molecule has 110 valence electrons. The minimum absolute atomic E-state index is 0.0624. The Morgan fingerprint density at radius 3 is 3.00 bits per heavy atom. The molecule has 20 heavy (non-hydrogen) atoms. The van der Waals surface area contributed by atoms with Crippen molar-refractivity contribution in [2.24, 2.45) is 5.92 Å². The summed E-state index contributed by atoms with van der Waals surface area (Å²) in [5, 5.41) is 3.58. The Morgan fingerprint density at radius 2 is 2.30 bits per heavy atom. The van der Waals surface area contributed by atoms with E-state index in [-0.39, 0.29) is 5.91 Å². The van der Waals surface area contributed by atoms with Crippen LogP contribution in [0.1, 0.15) is 48.9 Å². The van der Waals surface area contributed by atoms with Crippen molar-refractivity contribution in [2.75, 3.05) is 19.6 Å². The Bertz CT molecular complexity index is 463. The summed E-state index contributed by atoms with van der Waals surface area (Å²) >= 11 is 0. The number of nitrogens with zero attached hydrogens (tertiary/aromatic N) is 1. The summed E-state index contributed by atoms with van der Waals surface area (Å²) < 4.78 is 5.60. The topological polar surface area (TPSA) is 45.5 Å². The van der Waals surface area contributed by atoms with Gasteiger partial charge in [-0.3, -0.25) is 4.79 Å². The summed E-state index contributed by atoms with van der Waals surface area (Å²) in [4.78, 5) is 14.5. The number of aryl methyl sites for hydroxylation is 1. The van der Waals surface area contributed by atoms with E-state index in [4.69, 9.17) is 4.42 Å². The molecular weight excluding hydrogens is 252 g/mol. The molecule has 0 aromatic carbocycles. The zero-order valence-electron chi connectivity index (χ0n) is 12.2. The number of hydrogen-bond acceptors (Lipinski definition) is 3. The molecule has 2 saturated heterocycles. The van der Waals surface area contributed by atoms with Gasteiger partial charge in [0, 0.05) is 25.6 Å². The van der Waals surface area contributed by atoms with E-state index in [2.05, 4.69) is 5.32 Å². The van der Waals surface area contributed by atoms with Gasteiger partial charge in [-0.05, 0) is 50.3 Å². The molecule has 1 aromatic rings. The number of piperidine rings is 1. The van der Waals surface area contributed by atoms with Crippen LogP contribution in [0, 0.1) is 5.92 Å². The van der Waals surface area contributed by atoms with Crippen molar-refractivity contribution in [2.45, 2.75) is 45.1 Å². The van der Waals surface area contributed by atoms with Gasteiger partial charge in [0.15, 0.2) is 5.76 Å². The molecule has 2 aliphatic heterocycles. The van der Waals surface area contributed by atoms with E-state index in [9.17, 15) is 4.79 Å². The first-order valence-corrected chi connectivity index (χ1v) is 7.89. The van der Waals surface area contributed by atoms with Gasteiger partial charge in [0.1, 0.15) is 5.76 Å². The molecule has 3 rings (SSSR count). The van der Waals surface area contributed by atoms with E-state index in [1.165, 1.54) is 19.3 Å². The van der Waals surface area contributed by atoms with Crippen LogP contribution in [0.15, 0.2) is 16.5 Å². The zero-order valence-corrected chi connectivity index (χ0v) is 12.2. The van der Waals surface area contributed by atoms with Crippen molar-refractivity contribution in [1.29, 1.82) is 0 Å². The highest BCUT2D eigenvalue weighted by Gasteiger charge is 2.31. The van der Waals surface area contributed by atoms with Crippen molar-refractivity contribution >= 4 is 5.91 Å². The van der Waals surface area contributed by atoms with Gasteiger partial charge in [-0.1, -0.05) is 6.92 Å². The maximum atomic E-state index is 12.5. The highest BCUT2D eigenvalue weighted by molar-refractivity contribution is 5.91. The van der Waals surface area contributed by atoms with Crippen molar-refractivity contribution in [3.8, 4) is 0 Å². The molecule has 0 saturated carbocycles. The second kappa shape index (κ2) is 6.00. The largest absolute Gasteiger partial charge is 0.456 e. The first-order chi connectivity index (χ1) is 9.78. The molecule has 3 heterocycles. The fourth-order valence-electron chi connectivity index (χ4n) is 3.48. The maximum Gasteiger partial charge on any atom is 0.289 e. The second-order valence-corrected chi connectivity index (χ2v) is 5.98. The molecular formula is C16H24N2O2. The summed E-state index contributed by atoms with van der Waals surface area (Å²) in [5.41, 5.74) is 0. The molecule has 1 aromatic heterocycles. The number of hydrogen-bond donors (Lipinski definition) is 1. The number of likely N-dealkylation sites (tertiary alicyclic amines) is 1. The van der Waals surface area contributed by atoms with Crippen LogP contribution in [0.3, 0.4) is 0 Å². The fourth-order valence-corrected chi connectivity index (χ4v) is 3.48. The molecule has 0 radical (unpaired) electrons. The number of amides is 1. The van der Waals surface area contributed by atoms with Gasteiger partial charge in [-0.25, -0.2) is 0 Å².